The molecule has 2 aliphatic rings. The summed E-state index contributed by atoms with van der Waals surface area (Å²) in [5.41, 5.74) is 2.13. The van der Waals surface area contributed by atoms with E-state index in [-0.39, 0.29) is 11.8 Å². The second kappa shape index (κ2) is 9.09. The average Bonchev–Trinajstić information content (AvgIpc) is 3.46. The molecule has 1 saturated carbocycles. The monoisotopic (exact) mass is 428 g/mol. The van der Waals surface area contributed by atoms with Crippen LogP contribution in [0.15, 0.2) is 24.3 Å². The number of rotatable bonds is 7. The number of aromatic amines is 1. The zero-order valence-electron chi connectivity index (χ0n) is 17.3. The third kappa shape index (κ3) is 5.14. The lowest BCUT2D eigenvalue weighted by molar-refractivity contribution is -0.133. The van der Waals surface area contributed by atoms with Gasteiger partial charge in [-0.1, -0.05) is 23.8 Å². The number of hydrogen-bond donors (Lipinski definition) is 2. The van der Waals surface area contributed by atoms with E-state index >= 15 is 0 Å². The third-order valence-electron chi connectivity index (χ3n) is 5.62. The van der Waals surface area contributed by atoms with Crippen LogP contribution in [0.5, 0.6) is 0 Å². The van der Waals surface area contributed by atoms with Crippen molar-refractivity contribution in [2.75, 3.05) is 32.7 Å². The summed E-state index contributed by atoms with van der Waals surface area (Å²) in [7, 11) is 0. The number of H-pyrrole nitrogens is 1. The van der Waals surface area contributed by atoms with E-state index < -0.39 is 0 Å². The van der Waals surface area contributed by atoms with Crippen LogP contribution in [0.4, 0.5) is 0 Å². The van der Waals surface area contributed by atoms with Crippen LogP contribution in [0.1, 0.15) is 24.8 Å². The van der Waals surface area contributed by atoms with E-state index in [1.807, 2.05) is 34.6 Å². The molecule has 9 heteroatoms. The molecule has 1 aliphatic carbocycles. The molecule has 0 radical (unpaired) electrons. The van der Waals surface area contributed by atoms with Gasteiger partial charge in [0.15, 0.2) is 10.6 Å². The number of nitrogens with one attached hydrogen (secondary N) is 2. The van der Waals surface area contributed by atoms with Gasteiger partial charge in [-0.2, -0.15) is 5.10 Å². The van der Waals surface area contributed by atoms with Gasteiger partial charge in [0, 0.05) is 50.7 Å². The van der Waals surface area contributed by atoms with Crippen LogP contribution in [0.3, 0.4) is 0 Å². The first-order valence-electron chi connectivity index (χ1n) is 10.5. The van der Waals surface area contributed by atoms with Crippen molar-refractivity contribution in [3.05, 3.63) is 34.6 Å². The first-order chi connectivity index (χ1) is 14.5. The van der Waals surface area contributed by atoms with Crippen molar-refractivity contribution in [2.24, 2.45) is 0 Å². The van der Waals surface area contributed by atoms with Crippen molar-refractivity contribution in [2.45, 2.75) is 38.8 Å². The Hall–Kier alpha value is -2.52. The zero-order chi connectivity index (χ0) is 21.1. The second-order valence-corrected chi connectivity index (χ2v) is 8.51. The van der Waals surface area contributed by atoms with Crippen LogP contribution in [-0.2, 0) is 16.1 Å². The van der Waals surface area contributed by atoms with Gasteiger partial charge >= 0.3 is 0 Å². The Labute approximate surface area is 181 Å². The maximum atomic E-state index is 12.7. The average molecular weight is 429 g/mol. The van der Waals surface area contributed by atoms with Crippen LogP contribution in [0, 0.1) is 11.7 Å². The maximum absolute atomic E-state index is 12.7. The number of aromatic nitrogens is 3. The lowest BCUT2D eigenvalue weighted by Gasteiger charge is -2.34. The molecule has 2 heterocycles. The van der Waals surface area contributed by atoms with Crippen LogP contribution < -0.4 is 5.32 Å². The highest BCUT2D eigenvalue weighted by Crippen LogP contribution is 2.20. The van der Waals surface area contributed by atoms with Crippen molar-refractivity contribution in [1.82, 2.24) is 29.9 Å². The minimum absolute atomic E-state index is 0.0929. The Bertz CT molecular complexity index is 972. The molecule has 0 spiro atoms. The number of carbonyl (C=O) groups is 2. The number of hydrogen-bond acceptors (Lipinski definition) is 5. The molecule has 160 valence electrons. The third-order valence-corrected chi connectivity index (χ3v) is 5.93. The number of benzene rings is 1. The van der Waals surface area contributed by atoms with E-state index in [9.17, 15) is 9.59 Å². The molecule has 1 aromatic heterocycles. The summed E-state index contributed by atoms with van der Waals surface area (Å²) in [6.45, 7) is 5.69. The highest BCUT2D eigenvalue weighted by Gasteiger charge is 2.26. The standard InChI is InChI=1S/C21H28N6O2S/c1-15-3-2-4-16(13-15)20-23-24-21(30)27(20)8-7-19(29)26-11-9-25(10-12-26)14-18(28)22-17-5-6-17/h2-4,13,17H,5-12,14H2,1H3,(H,22,28)(H,24,30). The number of nitrogens with zero attached hydrogens (tertiary/aromatic N) is 4. The lowest BCUT2D eigenvalue weighted by Crippen LogP contribution is -2.51. The molecular weight excluding hydrogens is 400 g/mol. The summed E-state index contributed by atoms with van der Waals surface area (Å²) in [4.78, 5) is 28.7. The van der Waals surface area contributed by atoms with Crippen molar-refractivity contribution in [3.63, 3.8) is 0 Å². The van der Waals surface area contributed by atoms with Crippen molar-refractivity contribution in [3.8, 4) is 11.4 Å². The lowest BCUT2D eigenvalue weighted by atomic mass is 10.1. The predicted octanol–water partition coefficient (Wildman–Crippen LogP) is 1.73. The number of carbonyl (C=O) groups excluding carboxylic acids is 2. The summed E-state index contributed by atoms with van der Waals surface area (Å²) in [6, 6.07) is 8.46. The smallest absolute Gasteiger partial charge is 0.234 e. The van der Waals surface area contributed by atoms with E-state index in [1.165, 1.54) is 0 Å². The van der Waals surface area contributed by atoms with E-state index in [0.29, 0.717) is 43.4 Å². The van der Waals surface area contributed by atoms with Crippen molar-refractivity contribution >= 4 is 24.0 Å². The molecule has 8 nitrogen and oxygen atoms in total. The van der Waals surface area contributed by atoms with Gasteiger partial charge in [0.05, 0.1) is 6.54 Å². The van der Waals surface area contributed by atoms with Gasteiger partial charge in [-0.05, 0) is 38.0 Å². The molecule has 1 saturated heterocycles. The fourth-order valence-electron chi connectivity index (χ4n) is 3.75. The van der Waals surface area contributed by atoms with Gasteiger partial charge < -0.3 is 10.2 Å². The predicted molar refractivity (Wildman–Crippen MR) is 116 cm³/mol. The quantitative estimate of drug-likeness (QED) is 0.656. The normalized spacial score (nSPS) is 17.2. The summed E-state index contributed by atoms with van der Waals surface area (Å²) in [5, 5.41) is 10.2. The molecule has 0 unspecified atom stereocenters. The molecule has 4 rings (SSSR count). The van der Waals surface area contributed by atoms with Crippen molar-refractivity contribution < 1.29 is 9.59 Å². The van der Waals surface area contributed by atoms with Crippen LogP contribution in [0.2, 0.25) is 0 Å². The maximum Gasteiger partial charge on any atom is 0.234 e. The number of piperazine rings is 1. The molecule has 1 aliphatic heterocycles. The van der Waals surface area contributed by atoms with Gasteiger partial charge in [-0.3, -0.25) is 24.2 Å². The Kier molecular flexibility index (Phi) is 6.29. The summed E-state index contributed by atoms with van der Waals surface area (Å²) in [6.07, 6.45) is 2.56. The van der Waals surface area contributed by atoms with Gasteiger partial charge in [0.25, 0.3) is 0 Å². The fraction of sp³-hybridized carbons (Fsp3) is 0.524. The Morgan fingerprint density at radius 1 is 1.23 bits per heavy atom. The molecule has 2 N–H and O–H groups in total. The first kappa shape index (κ1) is 20.7. The largest absolute Gasteiger partial charge is 0.352 e. The van der Waals surface area contributed by atoms with E-state index in [4.69, 9.17) is 12.2 Å². The minimum Gasteiger partial charge on any atom is -0.352 e. The van der Waals surface area contributed by atoms with Gasteiger partial charge in [-0.15, -0.1) is 0 Å². The summed E-state index contributed by atoms with van der Waals surface area (Å²) in [5.74, 6) is 0.952. The number of amides is 2. The minimum atomic E-state index is 0.0929. The molecule has 2 aromatic rings. The SMILES string of the molecule is Cc1cccc(-c2n[nH]c(=S)n2CCC(=O)N2CCN(CC(=O)NC3CC3)CC2)c1. The Morgan fingerprint density at radius 2 is 2.00 bits per heavy atom. The molecule has 0 atom stereocenters. The molecule has 30 heavy (non-hydrogen) atoms. The van der Waals surface area contributed by atoms with Gasteiger partial charge in [0.2, 0.25) is 11.8 Å². The fourth-order valence-corrected chi connectivity index (χ4v) is 3.98. The summed E-state index contributed by atoms with van der Waals surface area (Å²) >= 11 is 5.38. The Morgan fingerprint density at radius 3 is 2.70 bits per heavy atom. The van der Waals surface area contributed by atoms with E-state index in [1.54, 1.807) is 0 Å². The van der Waals surface area contributed by atoms with Crippen LogP contribution in [-0.4, -0.2) is 75.1 Å². The first-order valence-corrected chi connectivity index (χ1v) is 10.9. The second-order valence-electron chi connectivity index (χ2n) is 8.12. The zero-order valence-corrected chi connectivity index (χ0v) is 18.1. The molecule has 2 fully saturated rings. The Balaban J connectivity index is 1.29. The van der Waals surface area contributed by atoms with Gasteiger partial charge in [-0.25, -0.2) is 0 Å². The number of aryl methyl sites for hydroxylation is 1. The highest BCUT2D eigenvalue weighted by molar-refractivity contribution is 7.71. The van der Waals surface area contributed by atoms with E-state index in [2.05, 4.69) is 26.5 Å². The van der Waals surface area contributed by atoms with Gasteiger partial charge in [0.1, 0.15) is 0 Å². The topological polar surface area (TPSA) is 86.3 Å². The van der Waals surface area contributed by atoms with Crippen LogP contribution >= 0.6 is 12.2 Å². The van der Waals surface area contributed by atoms with E-state index in [0.717, 1.165) is 42.9 Å². The van der Waals surface area contributed by atoms with Crippen LogP contribution in [0.25, 0.3) is 11.4 Å². The van der Waals surface area contributed by atoms with Crippen molar-refractivity contribution in [1.29, 1.82) is 0 Å². The summed E-state index contributed by atoms with van der Waals surface area (Å²) < 4.78 is 2.41. The molecule has 1 aromatic carbocycles. The molecule has 2 amide bonds. The molecule has 0 bridgehead atoms. The highest BCUT2D eigenvalue weighted by atomic mass is 32.1. The molecular formula is C21H28N6O2S.